The van der Waals surface area contributed by atoms with Crippen LogP contribution in [0.25, 0.3) is 0 Å². The summed E-state index contributed by atoms with van der Waals surface area (Å²) in [6.07, 6.45) is 2.32. The third-order valence-electron chi connectivity index (χ3n) is 2.98. The number of hydrogen-bond acceptors (Lipinski definition) is 1. The summed E-state index contributed by atoms with van der Waals surface area (Å²) in [5.74, 6) is 0. The van der Waals surface area contributed by atoms with E-state index in [9.17, 15) is 0 Å². The first-order chi connectivity index (χ1) is 9.19. The molecule has 0 saturated heterocycles. The van der Waals surface area contributed by atoms with Crippen LogP contribution in [0.5, 0.6) is 0 Å². The van der Waals surface area contributed by atoms with Crippen LogP contribution >= 0.6 is 27.5 Å². The molecule has 0 radical (unpaired) electrons. The maximum Gasteiger partial charge on any atom is 0.0456 e. The van der Waals surface area contributed by atoms with Gasteiger partial charge in [-0.15, -0.1) is 0 Å². The molecule has 0 aliphatic heterocycles. The molecule has 0 fully saturated rings. The zero-order chi connectivity index (χ0) is 13.7. The van der Waals surface area contributed by atoms with Crippen molar-refractivity contribution in [3.8, 4) is 0 Å². The van der Waals surface area contributed by atoms with Gasteiger partial charge in [-0.05, 0) is 47.9 Å². The Morgan fingerprint density at radius 1 is 1.11 bits per heavy atom. The Bertz CT molecular complexity index is 537. The molecule has 0 bridgehead atoms. The molecule has 0 aliphatic carbocycles. The molecule has 19 heavy (non-hydrogen) atoms. The quantitative estimate of drug-likeness (QED) is 0.741. The fraction of sp³-hybridized carbons (Fsp3) is 0.250. The minimum Gasteiger partial charge on any atom is -0.381 e. The summed E-state index contributed by atoms with van der Waals surface area (Å²) in [4.78, 5) is 0. The standard InChI is InChI=1S/C16H17BrClN/c1-2-3-12-4-7-15(8-5-12)19-11-13-10-14(17)6-9-16(13)18/h4-10,19H,2-3,11H2,1H3. The number of rotatable bonds is 5. The molecule has 2 aromatic rings. The average Bonchev–Trinajstić information content (AvgIpc) is 2.42. The summed E-state index contributed by atoms with van der Waals surface area (Å²) in [5.41, 5.74) is 3.60. The average molecular weight is 339 g/mol. The molecule has 0 atom stereocenters. The number of aryl methyl sites for hydroxylation is 1. The van der Waals surface area contributed by atoms with E-state index in [-0.39, 0.29) is 0 Å². The van der Waals surface area contributed by atoms with Crippen LogP contribution in [0.2, 0.25) is 5.02 Å². The van der Waals surface area contributed by atoms with E-state index in [0.717, 1.165) is 33.7 Å². The van der Waals surface area contributed by atoms with Crippen molar-refractivity contribution in [1.29, 1.82) is 0 Å². The highest BCUT2D eigenvalue weighted by molar-refractivity contribution is 9.10. The predicted molar refractivity (Wildman–Crippen MR) is 86.9 cm³/mol. The van der Waals surface area contributed by atoms with Gasteiger partial charge in [0.2, 0.25) is 0 Å². The van der Waals surface area contributed by atoms with Crippen LogP contribution in [-0.2, 0) is 13.0 Å². The van der Waals surface area contributed by atoms with Gasteiger partial charge in [0.15, 0.2) is 0 Å². The molecule has 2 aromatic carbocycles. The van der Waals surface area contributed by atoms with Crippen molar-refractivity contribution in [3.63, 3.8) is 0 Å². The molecule has 3 heteroatoms. The molecule has 100 valence electrons. The number of hydrogen-bond donors (Lipinski definition) is 1. The Balaban J connectivity index is 2.00. The molecule has 2 rings (SSSR count). The Hall–Kier alpha value is -0.990. The molecule has 0 spiro atoms. The van der Waals surface area contributed by atoms with Crippen molar-refractivity contribution in [1.82, 2.24) is 0 Å². The maximum atomic E-state index is 6.17. The minimum atomic E-state index is 0.728. The lowest BCUT2D eigenvalue weighted by atomic mass is 10.1. The molecular weight excluding hydrogens is 322 g/mol. The van der Waals surface area contributed by atoms with Gasteiger partial charge in [-0.1, -0.05) is 53.0 Å². The van der Waals surface area contributed by atoms with Crippen molar-refractivity contribution >= 4 is 33.2 Å². The Morgan fingerprint density at radius 2 is 1.84 bits per heavy atom. The molecule has 1 N–H and O–H groups in total. The van der Waals surface area contributed by atoms with Crippen LogP contribution < -0.4 is 5.32 Å². The van der Waals surface area contributed by atoms with Crippen LogP contribution in [0.15, 0.2) is 46.9 Å². The molecule has 0 amide bonds. The van der Waals surface area contributed by atoms with E-state index in [1.165, 1.54) is 12.0 Å². The fourth-order valence-corrected chi connectivity index (χ4v) is 2.55. The highest BCUT2D eigenvalue weighted by Gasteiger charge is 2.01. The number of halogens is 2. The van der Waals surface area contributed by atoms with Gasteiger partial charge in [0.1, 0.15) is 0 Å². The summed E-state index contributed by atoms with van der Waals surface area (Å²) in [6.45, 7) is 2.92. The van der Waals surface area contributed by atoms with Crippen LogP contribution in [0.1, 0.15) is 24.5 Å². The van der Waals surface area contributed by atoms with E-state index in [4.69, 9.17) is 11.6 Å². The number of nitrogens with one attached hydrogen (secondary N) is 1. The topological polar surface area (TPSA) is 12.0 Å². The summed E-state index contributed by atoms with van der Waals surface area (Å²) in [6, 6.07) is 14.5. The van der Waals surface area contributed by atoms with E-state index < -0.39 is 0 Å². The summed E-state index contributed by atoms with van der Waals surface area (Å²) >= 11 is 9.63. The number of anilines is 1. The van der Waals surface area contributed by atoms with Gasteiger partial charge in [-0.3, -0.25) is 0 Å². The second kappa shape index (κ2) is 6.97. The second-order valence-corrected chi connectivity index (χ2v) is 5.86. The summed E-state index contributed by atoms with van der Waals surface area (Å²) in [7, 11) is 0. The maximum absolute atomic E-state index is 6.17. The van der Waals surface area contributed by atoms with Crippen LogP contribution in [-0.4, -0.2) is 0 Å². The first-order valence-corrected chi connectivity index (χ1v) is 7.63. The lowest BCUT2D eigenvalue weighted by molar-refractivity contribution is 0.922. The largest absolute Gasteiger partial charge is 0.381 e. The van der Waals surface area contributed by atoms with Gasteiger partial charge in [-0.2, -0.15) is 0 Å². The smallest absolute Gasteiger partial charge is 0.0456 e. The summed E-state index contributed by atoms with van der Waals surface area (Å²) in [5, 5.41) is 4.18. The number of benzene rings is 2. The predicted octanol–water partition coefficient (Wildman–Crippen LogP) is 5.67. The van der Waals surface area contributed by atoms with Gasteiger partial charge in [0.05, 0.1) is 0 Å². The monoisotopic (exact) mass is 337 g/mol. The highest BCUT2D eigenvalue weighted by Crippen LogP contribution is 2.22. The van der Waals surface area contributed by atoms with Crippen molar-refractivity contribution < 1.29 is 0 Å². The van der Waals surface area contributed by atoms with Gasteiger partial charge in [-0.25, -0.2) is 0 Å². The minimum absolute atomic E-state index is 0.728. The molecule has 1 nitrogen and oxygen atoms in total. The Morgan fingerprint density at radius 3 is 2.53 bits per heavy atom. The van der Waals surface area contributed by atoms with Gasteiger partial charge in [0.25, 0.3) is 0 Å². The highest BCUT2D eigenvalue weighted by atomic mass is 79.9. The normalized spacial score (nSPS) is 10.5. The van der Waals surface area contributed by atoms with Gasteiger partial charge < -0.3 is 5.32 Å². The zero-order valence-electron chi connectivity index (χ0n) is 10.9. The van der Waals surface area contributed by atoms with E-state index in [1.54, 1.807) is 0 Å². The van der Waals surface area contributed by atoms with E-state index in [0.29, 0.717) is 0 Å². The molecular formula is C16H17BrClN. The van der Waals surface area contributed by atoms with Gasteiger partial charge in [0, 0.05) is 21.7 Å². The van der Waals surface area contributed by atoms with E-state index in [1.807, 2.05) is 18.2 Å². The molecule has 0 unspecified atom stereocenters. The Kier molecular flexibility index (Phi) is 5.29. The van der Waals surface area contributed by atoms with Crippen LogP contribution in [0.3, 0.4) is 0 Å². The van der Waals surface area contributed by atoms with E-state index in [2.05, 4.69) is 52.4 Å². The van der Waals surface area contributed by atoms with Crippen molar-refractivity contribution in [2.45, 2.75) is 26.3 Å². The van der Waals surface area contributed by atoms with Crippen LogP contribution in [0, 0.1) is 0 Å². The molecule has 0 saturated carbocycles. The first kappa shape index (κ1) is 14.4. The van der Waals surface area contributed by atoms with Crippen molar-refractivity contribution in [3.05, 3.63) is 63.1 Å². The molecule has 0 aliphatic rings. The third kappa shape index (κ3) is 4.26. The fourth-order valence-electron chi connectivity index (χ4n) is 1.95. The zero-order valence-corrected chi connectivity index (χ0v) is 13.3. The molecule has 0 aromatic heterocycles. The second-order valence-electron chi connectivity index (χ2n) is 4.54. The first-order valence-electron chi connectivity index (χ1n) is 6.46. The lowest BCUT2D eigenvalue weighted by Crippen LogP contribution is -2.00. The lowest BCUT2D eigenvalue weighted by Gasteiger charge is -2.09. The van der Waals surface area contributed by atoms with Gasteiger partial charge >= 0.3 is 0 Å². The van der Waals surface area contributed by atoms with Crippen molar-refractivity contribution in [2.75, 3.05) is 5.32 Å². The summed E-state index contributed by atoms with van der Waals surface area (Å²) < 4.78 is 1.05. The Labute approximate surface area is 128 Å². The SMILES string of the molecule is CCCc1ccc(NCc2cc(Br)ccc2Cl)cc1. The third-order valence-corrected chi connectivity index (χ3v) is 3.85. The van der Waals surface area contributed by atoms with Crippen LogP contribution in [0.4, 0.5) is 5.69 Å². The van der Waals surface area contributed by atoms with Crippen molar-refractivity contribution in [2.24, 2.45) is 0 Å². The van der Waals surface area contributed by atoms with E-state index >= 15 is 0 Å². The molecule has 0 heterocycles.